The molecule has 29 heavy (non-hydrogen) atoms. The lowest BCUT2D eigenvalue weighted by molar-refractivity contribution is -0.140. The molecule has 2 aromatic carbocycles. The standard InChI is InChI=1S/C23H23ClN2O3/c24-18-10-8-17(9-11-18)21(27)19-20(16-6-2-1-3-7-16)26(23(29)22(19)28)15-14-25-12-4-5-13-25/h1-3,6-11,20,27H,4-5,12-15H2/b21-19+. The van der Waals surface area contributed by atoms with Gasteiger partial charge in [0.15, 0.2) is 0 Å². The number of amides is 1. The molecule has 2 saturated heterocycles. The second-order valence-electron chi connectivity index (χ2n) is 7.46. The Morgan fingerprint density at radius 3 is 2.28 bits per heavy atom. The number of hydrogen-bond donors (Lipinski definition) is 1. The van der Waals surface area contributed by atoms with E-state index in [4.69, 9.17) is 11.6 Å². The molecule has 1 amide bonds. The third kappa shape index (κ3) is 3.93. The molecule has 5 nitrogen and oxygen atoms in total. The number of aliphatic hydroxyl groups is 1. The first kappa shape index (κ1) is 19.7. The number of carbonyl (C=O) groups excluding carboxylic acids is 2. The fraction of sp³-hybridized carbons (Fsp3) is 0.304. The van der Waals surface area contributed by atoms with Gasteiger partial charge in [0.25, 0.3) is 11.7 Å². The molecule has 2 aliphatic rings. The number of aliphatic hydroxyl groups excluding tert-OH is 1. The Hall–Kier alpha value is -2.63. The van der Waals surface area contributed by atoms with E-state index in [1.165, 1.54) is 0 Å². The molecule has 2 heterocycles. The smallest absolute Gasteiger partial charge is 0.295 e. The molecule has 1 N–H and O–H groups in total. The quantitative estimate of drug-likeness (QED) is 0.462. The molecule has 0 saturated carbocycles. The summed E-state index contributed by atoms with van der Waals surface area (Å²) < 4.78 is 0. The van der Waals surface area contributed by atoms with Crippen LogP contribution < -0.4 is 0 Å². The summed E-state index contributed by atoms with van der Waals surface area (Å²) in [6.45, 7) is 3.20. The minimum absolute atomic E-state index is 0.130. The summed E-state index contributed by atoms with van der Waals surface area (Å²) in [5.74, 6) is -1.38. The number of Topliss-reactive ketones (excluding diaryl/α,β-unsaturated/α-hetero) is 1. The fourth-order valence-electron chi connectivity index (χ4n) is 4.11. The molecule has 1 unspecified atom stereocenters. The molecule has 6 heteroatoms. The first-order chi connectivity index (χ1) is 14.1. The maximum absolute atomic E-state index is 12.9. The van der Waals surface area contributed by atoms with Gasteiger partial charge in [0.1, 0.15) is 5.76 Å². The zero-order chi connectivity index (χ0) is 20.4. The van der Waals surface area contributed by atoms with Crippen LogP contribution >= 0.6 is 11.6 Å². The lowest BCUT2D eigenvalue weighted by atomic mass is 9.95. The third-order valence-electron chi connectivity index (χ3n) is 5.63. The maximum Gasteiger partial charge on any atom is 0.295 e. The van der Waals surface area contributed by atoms with Crippen LogP contribution in [0.1, 0.15) is 30.0 Å². The Kier molecular flexibility index (Phi) is 5.69. The molecule has 2 aliphatic heterocycles. The normalized spacial score (nSPS) is 21.8. The highest BCUT2D eigenvalue weighted by atomic mass is 35.5. The predicted molar refractivity (Wildman–Crippen MR) is 113 cm³/mol. The topological polar surface area (TPSA) is 60.9 Å². The highest BCUT2D eigenvalue weighted by Gasteiger charge is 2.45. The fourth-order valence-corrected chi connectivity index (χ4v) is 4.24. The first-order valence-corrected chi connectivity index (χ1v) is 10.3. The van der Waals surface area contributed by atoms with Crippen molar-refractivity contribution in [3.63, 3.8) is 0 Å². The predicted octanol–water partition coefficient (Wildman–Crippen LogP) is 3.86. The van der Waals surface area contributed by atoms with Crippen LogP contribution in [-0.2, 0) is 9.59 Å². The van der Waals surface area contributed by atoms with E-state index >= 15 is 0 Å². The number of halogens is 1. The largest absolute Gasteiger partial charge is 0.507 e. The Morgan fingerprint density at radius 1 is 0.966 bits per heavy atom. The summed E-state index contributed by atoms with van der Waals surface area (Å²) in [5.41, 5.74) is 1.40. The molecule has 4 rings (SSSR count). The van der Waals surface area contributed by atoms with Gasteiger partial charge in [-0.25, -0.2) is 0 Å². The molecule has 0 bridgehead atoms. The van der Waals surface area contributed by atoms with Crippen molar-refractivity contribution in [1.82, 2.24) is 9.80 Å². The van der Waals surface area contributed by atoms with E-state index in [9.17, 15) is 14.7 Å². The van der Waals surface area contributed by atoms with Crippen molar-refractivity contribution in [3.8, 4) is 0 Å². The number of ketones is 1. The minimum Gasteiger partial charge on any atom is -0.507 e. The lowest BCUT2D eigenvalue weighted by Crippen LogP contribution is -2.37. The van der Waals surface area contributed by atoms with E-state index in [2.05, 4.69) is 4.90 Å². The highest BCUT2D eigenvalue weighted by Crippen LogP contribution is 2.39. The van der Waals surface area contributed by atoms with Crippen molar-refractivity contribution in [3.05, 3.63) is 76.3 Å². The van der Waals surface area contributed by atoms with E-state index in [1.54, 1.807) is 29.2 Å². The van der Waals surface area contributed by atoms with Gasteiger partial charge in [0.05, 0.1) is 11.6 Å². The Labute approximate surface area is 175 Å². The second-order valence-corrected chi connectivity index (χ2v) is 7.90. The Balaban J connectivity index is 1.74. The summed E-state index contributed by atoms with van der Waals surface area (Å²) in [4.78, 5) is 29.7. The number of rotatable bonds is 5. The number of hydrogen-bond acceptors (Lipinski definition) is 4. The monoisotopic (exact) mass is 410 g/mol. The summed E-state index contributed by atoms with van der Waals surface area (Å²) in [6.07, 6.45) is 2.33. The number of carbonyl (C=O) groups is 2. The van der Waals surface area contributed by atoms with Crippen molar-refractivity contribution in [1.29, 1.82) is 0 Å². The van der Waals surface area contributed by atoms with Gasteiger partial charge in [0, 0.05) is 23.7 Å². The zero-order valence-electron chi connectivity index (χ0n) is 16.1. The Morgan fingerprint density at radius 2 is 1.62 bits per heavy atom. The van der Waals surface area contributed by atoms with Crippen LogP contribution in [0.15, 0.2) is 60.2 Å². The summed E-state index contributed by atoms with van der Waals surface area (Å²) in [5, 5.41) is 11.5. The van der Waals surface area contributed by atoms with Gasteiger partial charge in [-0.1, -0.05) is 41.9 Å². The third-order valence-corrected chi connectivity index (χ3v) is 5.88. The molecule has 0 aliphatic carbocycles. The molecule has 2 aromatic rings. The molecule has 0 aromatic heterocycles. The van der Waals surface area contributed by atoms with Crippen molar-refractivity contribution in [2.24, 2.45) is 0 Å². The lowest BCUT2D eigenvalue weighted by Gasteiger charge is -2.27. The van der Waals surface area contributed by atoms with Crippen LogP contribution in [0.2, 0.25) is 5.02 Å². The average molecular weight is 411 g/mol. The van der Waals surface area contributed by atoms with E-state index in [0.29, 0.717) is 17.1 Å². The van der Waals surface area contributed by atoms with E-state index in [1.807, 2.05) is 30.3 Å². The van der Waals surface area contributed by atoms with Crippen molar-refractivity contribution in [2.75, 3.05) is 26.2 Å². The molecule has 2 fully saturated rings. The highest BCUT2D eigenvalue weighted by molar-refractivity contribution is 6.46. The van der Waals surface area contributed by atoms with Crippen LogP contribution in [0.4, 0.5) is 0 Å². The maximum atomic E-state index is 12.9. The van der Waals surface area contributed by atoms with Crippen molar-refractivity contribution >= 4 is 29.1 Å². The number of likely N-dealkylation sites (tertiary alicyclic amines) is 2. The van der Waals surface area contributed by atoms with Gasteiger partial charge in [-0.3, -0.25) is 9.59 Å². The van der Waals surface area contributed by atoms with Crippen LogP contribution in [0.5, 0.6) is 0 Å². The minimum atomic E-state index is -0.646. The van der Waals surface area contributed by atoms with Crippen LogP contribution in [-0.4, -0.2) is 52.8 Å². The van der Waals surface area contributed by atoms with Crippen molar-refractivity contribution in [2.45, 2.75) is 18.9 Å². The van der Waals surface area contributed by atoms with Gasteiger partial charge < -0.3 is 14.9 Å². The summed E-state index contributed by atoms with van der Waals surface area (Å²) in [7, 11) is 0. The second kappa shape index (κ2) is 8.39. The molecule has 0 spiro atoms. The molecular formula is C23H23ClN2O3. The van der Waals surface area contributed by atoms with Crippen LogP contribution in [0.3, 0.4) is 0 Å². The summed E-state index contributed by atoms with van der Waals surface area (Å²) in [6, 6.07) is 15.4. The van der Waals surface area contributed by atoms with E-state index in [-0.39, 0.29) is 11.3 Å². The number of benzene rings is 2. The SMILES string of the molecule is O=C1C(=O)N(CCN2CCCC2)C(c2ccccc2)/C1=C(\O)c1ccc(Cl)cc1. The zero-order valence-corrected chi connectivity index (χ0v) is 16.8. The van der Waals surface area contributed by atoms with Gasteiger partial charge in [-0.15, -0.1) is 0 Å². The van der Waals surface area contributed by atoms with Gasteiger partial charge in [-0.2, -0.15) is 0 Å². The van der Waals surface area contributed by atoms with Gasteiger partial charge >= 0.3 is 0 Å². The van der Waals surface area contributed by atoms with Gasteiger partial charge in [0.2, 0.25) is 0 Å². The molecular weight excluding hydrogens is 388 g/mol. The van der Waals surface area contributed by atoms with Crippen LogP contribution in [0, 0.1) is 0 Å². The number of nitrogens with zero attached hydrogens (tertiary/aromatic N) is 2. The van der Waals surface area contributed by atoms with Gasteiger partial charge in [-0.05, 0) is 55.8 Å². The molecule has 0 radical (unpaired) electrons. The summed E-state index contributed by atoms with van der Waals surface area (Å²) >= 11 is 5.95. The first-order valence-electron chi connectivity index (χ1n) is 9.88. The van der Waals surface area contributed by atoms with E-state index < -0.39 is 17.7 Å². The van der Waals surface area contributed by atoms with E-state index in [0.717, 1.165) is 38.0 Å². The average Bonchev–Trinajstić information content (AvgIpc) is 3.34. The van der Waals surface area contributed by atoms with Crippen molar-refractivity contribution < 1.29 is 14.7 Å². The Bertz CT molecular complexity index is 934. The molecule has 150 valence electrons. The molecule has 1 atom stereocenters. The van der Waals surface area contributed by atoms with Crippen LogP contribution in [0.25, 0.3) is 5.76 Å².